The number of nitrogens with two attached hydrogens (primary N) is 1. The maximum Gasteiger partial charge on any atom is 0.339 e. The highest BCUT2D eigenvalue weighted by Gasteiger charge is 2.15. The molecule has 5 nitrogen and oxygen atoms in total. The molecule has 0 saturated heterocycles. The van der Waals surface area contributed by atoms with Gasteiger partial charge in [0, 0.05) is 5.38 Å². The van der Waals surface area contributed by atoms with Gasteiger partial charge in [0.05, 0.1) is 12.2 Å². The Morgan fingerprint density at radius 1 is 1.32 bits per heavy atom. The summed E-state index contributed by atoms with van der Waals surface area (Å²) < 4.78 is 27.2. The SMILES string of the molecule is CCCCCCCOC(=O)c1csc(S(N)(=O)=O)c1. The lowest BCUT2D eigenvalue weighted by molar-refractivity contribution is 0.0498. The maximum atomic E-state index is 11.6. The predicted molar refractivity (Wildman–Crippen MR) is 74.7 cm³/mol. The average molecular weight is 305 g/mol. The lowest BCUT2D eigenvalue weighted by atomic mass is 10.2. The molecule has 0 unspecified atom stereocenters. The van der Waals surface area contributed by atoms with Crippen LogP contribution in [0.5, 0.6) is 0 Å². The molecule has 1 heterocycles. The van der Waals surface area contributed by atoms with Crippen molar-refractivity contribution < 1.29 is 17.9 Å². The molecule has 0 amide bonds. The molecular formula is C12H19NO4S2. The molecule has 0 fully saturated rings. The van der Waals surface area contributed by atoms with Crippen molar-refractivity contribution in [3.63, 3.8) is 0 Å². The second kappa shape index (κ2) is 7.62. The van der Waals surface area contributed by atoms with E-state index in [0.29, 0.717) is 6.61 Å². The standard InChI is InChI=1S/C12H19NO4S2/c1-2-3-4-5-6-7-17-12(14)10-8-11(18-9-10)19(13,15)16/h8-9H,2-7H2,1H3,(H2,13,15,16). The van der Waals surface area contributed by atoms with E-state index in [4.69, 9.17) is 9.88 Å². The van der Waals surface area contributed by atoms with Gasteiger partial charge in [-0.3, -0.25) is 0 Å². The summed E-state index contributed by atoms with van der Waals surface area (Å²) in [6.07, 6.45) is 5.37. The van der Waals surface area contributed by atoms with E-state index < -0.39 is 16.0 Å². The number of carbonyl (C=O) groups is 1. The topological polar surface area (TPSA) is 86.5 Å². The van der Waals surface area contributed by atoms with E-state index in [-0.39, 0.29) is 9.77 Å². The third kappa shape index (κ3) is 5.71. The molecule has 0 aromatic carbocycles. The van der Waals surface area contributed by atoms with Crippen molar-refractivity contribution in [1.29, 1.82) is 0 Å². The molecule has 0 bridgehead atoms. The minimum atomic E-state index is -3.74. The van der Waals surface area contributed by atoms with E-state index in [0.717, 1.165) is 30.6 Å². The van der Waals surface area contributed by atoms with Crippen LogP contribution in [0.25, 0.3) is 0 Å². The number of rotatable bonds is 8. The number of primary sulfonamides is 1. The van der Waals surface area contributed by atoms with E-state index in [2.05, 4.69) is 6.92 Å². The number of sulfonamides is 1. The summed E-state index contributed by atoms with van der Waals surface area (Å²) >= 11 is 0.921. The van der Waals surface area contributed by atoms with Crippen LogP contribution < -0.4 is 5.14 Å². The maximum absolute atomic E-state index is 11.6. The fourth-order valence-corrected chi connectivity index (χ4v) is 3.10. The summed E-state index contributed by atoms with van der Waals surface area (Å²) in [6.45, 7) is 2.50. The summed E-state index contributed by atoms with van der Waals surface area (Å²) in [6, 6.07) is 1.25. The number of thiophene rings is 1. The zero-order valence-electron chi connectivity index (χ0n) is 10.9. The first-order valence-corrected chi connectivity index (χ1v) is 8.66. The highest BCUT2D eigenvalue weighted by atomic mass is 32.2. The van der Waals surface area contributed by atoms with Crippen molar-refractivity contribution >= 4 is 27.3 Å². The van der Waals surface area contributed by atoms with Crippen molar-refractivity contribution in [2.24, 2.45) is 5.14 Å². The van der Waals surface area contributed by atoms with Gasteiger partial charge in [-0.2, -0.15) is 0 Å². The third-order valence-electron chi connectivity index (χ3n) is 2.57. The largest absolute Gasteiger partial charge is 0.462 e. The van der Waals surface area contributed by atoms with E-state index >= 15 is 0 Å². The van der Waals surface area contributed by atoms with Crippen molar-refractivity contribution in [3.8, 4) is 0 Å². The first kappa shape index (κ1) is 16.1. The fraction of sp³-hybridized carbons (Fsp3) is 0.583. The van der Waals surface area contributed by atoms with Crippen molar-refractivity contribution in [2.75, 3.05) is 6.61 Å². The van der Waals surface area contributed by atoms with Gasteiger partial charge in [-0.25, -0.2) is 18.4 Å². The predicted octanol–water partition coefficient (Wildman–Crippen LogP) is 2.52. The van der Waals surface area contributed by atoms with Gasteiger partial charge in [0.1, 0.15) is 4.21 Å². The molecule has 1 rings (SSSR count). The van der Waals surface area contributed by atoms with Crippen LogP contribution in [0, 0.1) is 0 Å². The lowest BCUT2D eigenvalue weighted by Gasteiger charge is -2.03. The van der Waals surface area contributed by atoms with E-state index in [1.807, 2.05) is 0 Å². The van der Waals surface area contributed by atoms with E-state index in [1.165, 1.54) is 24.3 Å². The van der Waals surface area contributed by atoms with Gasteiger partial charge in [-0.1, -0.05) is 32.6 Å². The lowest BCUT2D eigenvalue weighted by Crippen LogP contribution is -2.10. The summed E-state index contributed by atoms with van der Waals surface area (Å²) in [7, 11) is -3.74. The zero-order chi connectivity index (χ0) is 14.3. The van der Waals surface area contributed by atoms with Gasteiger partial charge in [0.15, 0.2) is 0 Å². The number of esters is 1. The molecular weight excluding hydrogens is 286 g/mol. The monoisotopic (exact) mass is 305 g/mol. The summed E-state index contributed by atoms with van der Waals surface area (Å²) in [5, 5.41) is 6.41. The molecule has 0 aliphatic carbocycles. The van der Waals surface area contributed by atoms with Gasteiger partial charge < -0.3 is 4.74 Å². The highest BCUT2D eigenvalue weighted by Crippen LogP contribution is 2.19. The average Bonchev–Trinajstić information content (AvgIpc) is 2.82. The van der Waals surface area contributed by atoms with E-state index in [9.17, 15) is 13.2 Å². The fourth-order valence-electron chi connectivity index (χ4n) is 1.53. The highest BCUT2D eigenvalue weighted by molar-refractivity contribution is 7.91. The summed E-state index contributed by atoms with van der Waals surface area (Å²) in [5.74, 6) is -0.498. The quantitative estimate of drug-likeness (QED) is 0.590. The molecule has 1 aromatic rings. The Balaban J connectivity index is 2.36. The van der Waals surface area contributed by atoms with Crippen molar-refractivity contribution in [1.82, 2.24) is 0 Å². The first-order valence-electron chi connectivity index (χ1n) is 6.23. The van der Waals surface area contributed by atoms with Crippen LogP contribution >= 0.6 is 11.3 Å². The molecule has 0 spiro atoms. The van der Waals surface area contributed by atoms with Crippen molar-refractivity contribution in [3.05, 3.63) is 17.0 Å². The molecule has 0 atom stereocenters. The van der Waals surface area contributed by atoms with Gasteiger partial charge in [-0.05, 0) is 12.5 Å². The molecule has 7 heteroatoms. The van der Waals surface area contributed by atoms with Gasteiger partial charge in [0.25, 0.3) is 0 Å². The van der Waals surface area contributed by atoms with Gasteiger partial charge >= 0.3 is 5.97 Å². The van der Waals surface area contributed by atoms with Crippen LogP contribution in [-0.2, 0) is 14.8 Å². The number of hydrogen-bond donors (Lipinski definition) is 1. The van der Waals surface area contributed by atoms with Crippen LogP contribution in [0.15, 0.2) is 15.7 Å². The normalized spacial score (nSPS) is 11.5. The number of hydrogen-bond acceptors (Lipinski definition) is 5. The van der Waals surface area contributed by atoms with Crippen LogP contribution in [0.1, 0.15) is 49.4 Å². The zero-order valence-corrected chi connectivity index (χ0v) is 12.6. The Kier molecular flexibility index (Phi) is 6.47. The first-order chi connectivity index (χ1) is 8.95. The second-order valence-electron chi connectivity index (χ2n) is 4.25. The number of unbranched alkanes of at least 4 members (excludes halogenated alkanes) is 4. The molecule has 0 aliphatic heterocycles. The number of carbonyl (C=O) groups excluding carboxylic acids is 1. The van der Waals surface area contributed by atoms with Gasteiger partial charge in [0.2, 0.25) is 10.0 Å². The molecule has 0 aliphatic rings. The van der Waals surface area contributed by atoms with Gasteiger partial charge in [-0.15, -0.1) is 11.3 Å². The molecule has 19 heavy (non-hydrogen) atoms. The molecule has 2 N–H and O–H groups in total. The molecule has 0 saturated carbocycles. The minimum absolute atomic E-state index is 0.0256. The van der Waals surface area contributed by atoms with E-state index in [1.54, 1.807) is 0 Å². The Hall–Kier alpha value is -0.920. The second-order valence-corrected chi connectivity index (χ2v) is 6.95. The molecule has 0 radical (unpaired) electrons. The Bertz CT molecular complexity index is 508. The Labute approximate surface area is 117 Å². The minimum Gasteiger partial charge on any atom is -0.462 e. The van der Waals surface area contributed by atoms with Crippen LogP contribution in [-0.4, -0.2) is 21.0 Å². The molecule has 1 aromatic heterocycles. The summed E-state index contributed by atoms with van der Waals surface area (Å²) in [4.78, 5) is 11.6. The summed E-state index contributed by atoms with van der Waals surface area (Å²) in [5.41, 5.74) is 0.239. The molecule has 108 valence electrons. The number of ether oxygens (including phenoxy) is 1. The van der Waals surface area contributed by atoms with Crippen LogP contribution in [0.2, 0.25) is 0 Å². The Morgan fingerprint density at radius 2 is 2.00 bits per heavy atom. The third-order valence-corrected chi connectivity index (χ3v) is 4.96. The smallest absolute Gasteiger partial charge is 0.339 e. The Morgan fingerprint density at radius 3 is 2.58 bits per heavy atom. The van der Waals surface area contributed by atoms with Crippen LogP contribution in [0.3, 0.4) is 0 Å². The van der Waals surface area contributed by atoms with Crippen molar-refractivity contribution in [2.45, 2.75) is 43.2 Å². The van der Waals surface area contributed by atoms with Crippen LogP contribution in [0.4, 0.5) is 0 Å².